The van der Waals surface area contributed by atoms with E-state index in [0.29, 0.717) is 102 Å². The molecule has 5 aliphatic rings. The number of benzene rings is 2. The number of fused-ring (bicyclic) bond motifs is 3. The normalized spacial score (nSPS) is 28.0. The maximum Gasteiger partial charge on any atom is 0.262 e. The van der Waals surface area contributed by atoms with E-state index in [1.807, 2.05) is 35.2 Å². The van der Waals surface area contributed by atoms with Gasteiger partial charge in [-0.1, -0.05) is 50.0 Å². The lowest BCUT2D eigenvalue weighted by molar-refractivity contribution is -0.108. The van der Waals surface area contributed by atoms with Crippen LogP contribution < -0.4 is 15.8 Å². The summed E-state index contributed by atoms with van der Waals surface area (Å²) in [5.41, 5.74) is 2.67. The molecule has 0 amide bonds. The Bertz CT molecular complexity index is 1870. The van der Waals surface area contributed by atoms with Crippen molar-refractivity contribution in [3.63, 3.8) is 0 Å². The van der Waals surface area contributed by atoms with E-state index in [1.165, 1.54) is 6.42 Å². The molecule has 1 N–H and O–H groups in total. The fourth-order valence-corrected chi connectivity index (χ4v) is 9.42. The van der Waals surface area contributed by atoms with Crippen LogP contribution in [-0.2, 0) is 17.7 Å². The third-order valence-corrected chi connectivity index (χ3v) is 12.6. The quantitative estimate of drug-likeness (QED) is 0.175. The van der Waals surface area contributed by atoms with Gasteiger partial charge in [0, 0.05) is 48.5 Å². The summed E-state index contributed by atoms with van der Waals surface area (Å²) >= 11 is 12.6. The Hall–Kier alpha value is -3.52. The Balaban J connectivity index is 1.23. The second-order valence-corrected chi connectivity index (χ2v) is 16.2. The molecule has 3 aliphatic carbocycles. The Morgan fingerprint density at radius 1 is 1.08 bits per heavy atom. The molecule has 3 heterocycles. The number of ether oxygens (including phenoxy) is 1. The van der Waals surface area contributed by atoms with E-state index in [-0.39, 0.29) is 23.7 Å². The van der Waals surface area contributed by atoms with Crippen LogP contribution in [0.15, 0.2) is 46.2 Å². The second-order valence-electron chi connectivity index (χ2n) is 15.4. The molecule has 0 radical (unpaired) electrons. The van der Waals surface area contributed by atoms with Crippen LogP contribution in [0.3, 0.4) is 0 Å². The number of hydrogen-bond acceptors (Lipinski definition) is 7. The van der Waals surface area contributed by atoms with Gasteiger partial charge in [0.25, 0.3) is 5.56 Å². The number of halogens is 2. The number of nitrogens with one attached hydrogen (secondary N) is 1. The molecule has 266 valence electrons. The van der Waals surface area contributed by atoms with Gasteiger partial charge in [-0.3, -0.25) is 9.36 Å². The predicted molar refractivity (Wildman–Crippen MR) is 201 cm³/mol. The smallest absolute Gasteiger partial charge is 0.262 e. The molecule has 2 aromatic carbocycles. The average molecular weight is 720 g/mol. The standard InChI is InChI=1S/C38H48Cl2N8O2/c1-23-20-46(21-24(2)48(23)22-41)36(43-33-17-27-16-31(25(33)3)38(27,4)5)42-29-8-9-30-34(19-29)44-37(45-12-14-50-15-13-45)47(35(30)49)11-10-26-6-7-28(39)18-32(26)40/h6-9,18-19,23-25,27,31,33H,10-17,20-21H2,1-5H3,(H,42,43)/t23-,24+,25-,27-,31+,33-/m0/s1. The van der Waals surface area contributed by atoms with Gasteiger partial charge in [0.2, 0.25) is 5.95 Å². The number of aryl methyl sites for hydroxylation is 1. The molecular weight excluding hydrogens is 671 g/mol. The van der Waals surface area contributed by atoms with Gasteiger partial charge in [0.05, 0.1) is 42.2 Å². The molecule has 0 unspecified atom stereocenters. The molecule has 6 atom stereocenters. The van der Waals surface area contributed by atoms with Crippen molar-refractivity contribution >= 4 is 51.7 Å². The van der Waals surface area contributed by atoms with Crippen LogP contribution in [0, 0.1) is 34.6 Å². The highest BCUT2D eigenvalue weighted by Crippen LogP contribution is 2.61. The van der Waals surface area contributed by atoms with Crippen molar-refractivity contribution in [3.05, 3.63) is 62.4 Å². The van der Waals surface area contributed by atoms with E-state index < -0.39 is 0 Å². The number of hydrogen-bond donors (Lipinski definition) is 1. The SMILES string of the molecule is C[C@@H]1[C@@H](/N=C(/Nc2ccc3c(=O)n(CCc4ccc(Cl)cc4Cl)c(N4CCOCC4)nc3c2)N2C[C@@H](C)N(C#N)[C@@H](C)C2)C[C@@H]2C[C@H]1C2(C)C. The predicted octanol–water partition coefficient (Wildman–Crippen LogP) is 6.50. The molecule has 10 nitrogen and oxygen atoms in total. The van der Waals surface area contributed by atoms with Gasteiger partial charge >= 0.3 is 0 Å². The van der Waals surface area contributed by atoms with Crippen molar-refractivity contribution in [2.24, 2.45) is 28.2 Å². The van der Waals surface area contributed by atoms with Gasteiger partial charge in [0.1, 0.15) is 0 Å². The maximum atomic E-state index is 14.2. The first kappa shape index (κ1) is 34.9. The van der Waals surface area contributed by atoms with E-state index >= 15 is 0 Å². The molecule has 0 spiro atoms. The zero-order valence-electron chi connectivity index (χ0n) is 29.7. The first-order valence-electron chi connectivity index (χ1n) is 18.0. The van der Waals surface area contributed by atoms with Crippen molar-refractivity contribution in [2.75, 3.05) is 49.6 Å². The van der Waals surface area contributed by atoms with Crippen molar-refractivity contribution in [1.82, 2.24) is 19.4 Å². The number of piperazine rings is 1. The minimum Gasteiger partial charge on any atom is -0.378 e. The number of anilines is 2. The highest BCUT2D eigenvalue weighted by molar-refractivity contribution is 6.35. The third kappa shape index (κ3) is 6.53. The number of morpholine rings is 1. The van der Waals surface area contributed by atoms with Gasteiger partial charge < -0.3 is 24.8 Å². The number of aliphatic imine (C=N–C) groups is 1. The molecule has 12 heteroatoms. The van der Waals surface area contributed by atoms with Gasteiger partial charge in [0.15, 0.2) is 12.2 Å². The summed E-state index contributed by atoms with van der Waals surface area (Å²) in [6, 6.07) is 11.6. The van der Waals surface area contributed by atoms with Crippen LogP contribution in [0.1, 0.15) is 53.0 Å². The van der Waals surface area contributed by atoms with E-state index in [1.54, 1.807) is 10.6 Å². The molecule has 2 aliphatic heterocycles. The summed E-state index contributed by atoms with van der Waals surface area (Å²) in [7, 11) is 0. The Morgan fingerprint density at radius 3 is 2.48 bits per heavy atom. The van der Waals surface area contributed by atoms with Crippen LogP contribution >= 0.6 is 23.2 Å². The summed E-state index contributed by atoms with van der Waals surface area (Å²) in [5.74, 6) is 3.31. The largest absolute Gasteiger partial charge is 0.378 e. The van der Waals surface area contributed by atoms with E-state index in [2.05, 4.69) is 55.9 Å². The topological polar surface area (TPSA) is 102 Å². The van der Waals surface area contributed by atoms with Gasteiger partial charge in [-0.25, -0.2) is 9.98 Å². The third-order valence-electron chi connectivity index (χ3n) is 12.0. The molecule has 2 bridgehead atoms. The first-order chi connectivity index (χ1) is 23.9. The molecule has 1 aromatic heterocycles. The number of aromatic nitrogens is 2. The lowest BCUT2D eigenvalue weighted by Gasteiger charge is -2.61. The summed E-state index contributed by atoms with van der Waals surface area (Å²) in [5, 5.41) is 15.2. The van der Waals surface area contributed by atoms with E-state index in [4.69, 9.17) is 37.9 Å². The number of nitriles is 1. The maximum absolute atomic E-state index is 14.2. The van der Waals surface area contributed by atoms with Gasteiger partial charge in [-0.15, -0.1) is 0 Å². The minimum absolute atomic E-state index is 0.0578. The summed E-state index contributed by atoms with van der Waals surface area (Å²) in [4.78, 5) is 31.1. The molecule has 5 fully saturated rings. The lowest BCUT2D eigenvalue weighted by Crippen LogP contribution is -2.59. The Kier molecular flexibility index (Phi) is 9.70. The Morgan fingerprint density at radius 2 is 1.82 bits per heavy atom. The highest BCUT2D eigenvalue weighted by atomic mass is 35.5. The van der Waals surface area contributed by atoms with Crippen molar-refractivity contribution in [1.29, 1.82) is 5.26 Å². The summed E-state index contributed by atoms with van der Waals surface area (Å²) < 4.78 is 7.41. The number of nitrogens with zero attached hydrogens (tertiary/aromatic N) is 7. The number of guanidine groups is 1. The molecule has 8 rings (SSSR count). The van der Waals surface area contributed by atoms with Crippen molar-refractivity contribution in [3.8, 4) is 6.19 Å². The first-order valence-corrected chi connectivity index (χ1v) is 18.8. The highest BCUT2D eigenvalue weighted by Gasteiger charge is 2.56. The number of rotatable bonds is 6. The summed E-state index contributed by atoms with van der Waals surface area (Å²) in [6.07, 6.45) is 5.33. The van der Waals surface area contributed by atoms with Crippen LogP contribution in [-0.4, -0.2) is 82.8 Å². The zero-order valence-corrected chi connectivity index (χ0v) is 31.2. The van der Waals surface area contributed by atoms with Crippen LogP contribution in [0.5, 0.6) is 0 Å². The van der Waals surface area contributed by atoms with Crippen molar-refractivity contribution in [2.45, 2.75) is 78.6 Å². The van der Waals surface area contributed by atoms with Gasteiger partial charge in [-0.05, 0) is 92.2 Å². The van der Waals surface area contributed by atoms with Crippen molar-refractivity contribution < 1.29 is 4.74 Å². The van der Waals surface area contributed by atoms with Crippen LogP contribution in [0.25, 0.3) is 10.9 Å². The average Bonchev–Trinajstić information content (AvgIpc) is 3.09. The van der Waals surface area contributed by atoms with Crippen LogP contribution in [0.4, 0.5) is 11.6 Å². The minimum atomic E-state index is -0.0878. The molecule has 50 heavy (non-hydrogen) atoms. The molecule has 3 aromatic rings. The lowest BCUT2D eigenvalue weighted by atomic mass is 9.45. The molecule has 3 saturated carbocycles. The van der Waals surface area contributed by atoms with Crippen LogP contribution in [0.2, 0.25) is 10.0 Å². The fraction of sp³-hybridized carbons (Fsp3) is 0.579. The van der Waals surface area contributed by atoms with E-state index in [0.717, 1.165) is 23.6 Å². The van der Waals surface area contributed by atoms with E-state index in [9.17, 15) is 10.1 Å². The molecule has 2 saturated heterocycles. The Labute approximate surface area is 305 Å². The second kappa shape index (κ2) is 13.9. The monoisotopic (exact) mass is 718 g/mol. The zero-order chi connectivity index (χ0) is 35.3. The molecular formula is C38H48Cl2N8O2. The van der Waals surface area contributed by atoms with Gasteiger partial charge in [-0.2, -0.15) is 5.26 Å². The fourth-order valence-electron chi connectivity index (χ4n) is 8.92. The summed E-state index contributed by atoms with van der Waals surface area (Å²) in [6.45, 7) is 15.7.